The molecule has 0 aliphatic carbocycles. The highest BCUT2D eigenvalue weighted by atomic mass is 35.5. The van der Waals surface area contributed by atoms with E-state index in [2.05, 4.69) is 5.32 Å². The summed E-state index contributed by atoms with van der Waals surface area (Å²) in [5.41, 5.74) is 2.29. The highest BCUT2D eigenvalue weighted by molar-refractivity contribution is 6.31. The summed E-state index contributed by atoms with van der Waals surface area (Å²) in [4.78, 5) is 24.5. The molecule has 31 heavy (non-hydrogen) atoms. The SMILES string of the molecule is COC(=O)c1ccc([C@H](C)NC(=O)c2cc(Cl)ccc2OCc2ccc(F)cc2)cc1. The maximum Gasteiger partial charge on any atom is 0.337 e. The fourth-order valence-corrected chi connectivity index (χ4v) is 3.10. The quantitative estimate of drug-likeness (QED) is 0.503. The Hall–Kier alpha value is -3.38. The van der Waals surface area contributed by atoms with Crippen LogP contribution >= 0.6 is 11.6 Å². The van der Waals surface area contributed by atoms with Gasteiger partial charge in [-0.15, -0.1) is 0 Å². The van der Waals surface area contributed by atoms with Gasteiger partial charge in [0.05, 0.1) is 24.3 Å². The summed E-state index contributed by atoms with van der Waals surface area (Å²) in [6.07, 6.45) is 0. The zero-order chi connectivity index (χ0) is 22.4. The van der Waals surface area contributed by atoms with E-state index in [9.17, 15) is 14.0 Å². The van der Waals surface area contributed by atoms with Crippen molar-refractivity contribution in [2.45, 2.75) is 19.6 Å². The molecule has 5 nitrogen and oxygen atoms in total. The summed E-state index contributed by atoms with van der Waals surface area (Å²) in [6.45, 7) is 2.00. The van der Waals surface area contributed by atoms with Crippen LogP contribution in [0.4, 0.5) is 4.39 Å². The molecule has 1 atom stereocenters. The number of rotatable bonds is 7. The molecule has 0 saturated heterocycles. The number of hydrogen-bond donors (Lipinski definition) is 1. The van der Waals surface area contributed by atoms with Crippen LogP contribution in [0.25, 0.3) is 0 Å². The molecule has 0 aliphatic heterocycles. The van der Waals surface area contributed by atoms with Crippen LogP contribution in [0, 0.1) is 5.82 Å². The predicted octanol–water partition coefficient (Wildman–Crippen LogP) is 5.34. The maximum atomic E-state index is 13.1. The lowest BCUT2D eigenvalue weighted by Crippen LogP contribution is -2.27. The van der Waals surface area contributed by atoms with E-state index in [4.69, 9.17) is 21.1 Å². The molecule has 0 unspecified atom stereocenters. The van der Waals surface area contributed by atoms with Crippen molar-refractivity contribution in [3.63, 3.8) is 0 Å². The van der Waals surface area contributed by atoms with E-state index in [1.165, 1.54) is 25.3 Å². The zero-order valence-electron chi connectivity index (χ0n) is 17.0. The third-order valence-corrected chi connectivity index (χ3v) is 4.91. The second-order valence-corrected chi connectivity index (χ2v) is 7.30. The van der Waals surface area contributed by atoms with E-state index in [1.807, 2.05) is 6.92 Å². The van der Waals surface area contributed by atoms with Crippen molar-refractivity contribution in [3.05, 3.63) is 99.8 Å². The first-order valence-corrected chi connectivity index (χ1v) is 9.91. The summed E-state index contributed by atoms with van der Waals surface area (Å²) in [5.74, 6) is -0.755. The topological polar surface area (TPSA) is 64.6 Å². The largest absolute Gasteiger partial charge is 0.488 e. The second-order valence-electron chi connectivity index (χ2n) is 6.86. The molecule has 0 aromatic heterocycles. The highest BCUT2D eigenvalue weighted by Crippen LogP contribution is 2.25. The van der Waals surface area contributed by atoms with Crippen LogP contribution in [-0.4, -0.2) is 19.0 Å². The van der Waals surface area contributed by atoms with Crippen molar-refractivity contribution in [3.8, 4) is 5.75 Å². The average molecular weight is 442 g/mol. The summed E-state index contributed by atoms with van der Waals surface area (Å²) >= 11 is 6.09. The number of hydrogen-bond acceptors (Lipinski definition) is 4. The van der Waals surface area contributed by atoms with Gasteiger partial charge in [0.1, 0.15) is 18.2 Å². The smallest absolute Gasteiger partial charge is 0.337 e. The average Bonchev–Trinajstić information content (AvgIpc) is 2.78. The van der Waals surface area contributed by atoms with E-state index in [0.717, 1.165) is 11.1 Å². The minimum atomic E-state index is -0.426. The van der Waals surface area contributed by atoms with Gasteiger partial charge in [-0.1, -0.05) is 35.9 Å². The van der Waals surface area contributed by atoms with Gasteiger partial charge in [0.15, 0.2) is 0 Å². The Morgan fingerprint density at radius 2 is 1.71 bits per heavy atom. The van der Waals surface area contributed by atoms with Crippen LogP contribution < -0.4 is 10.1 Å². The van der Waals surface area contributed by atoms with Gasteiger partial charge in [0, 0.05) is 5.02 Å². The molecule has 3 aromatic rings. The van der Waals surface area contributed by atoms with Crippen molar-refractivity contribution in [1.82, 2.24) is 5.32 Å². The molecular weight excluding hydrogens is 421 g/mol. The van der Waals surface area contributed by atoms with Gasteiger partial charge in [-0.3, -0.25) is 4.79 Å². The third-order valence-electron chi connectivity index (χ3n) is 4.67. The van der Waals surface area contributed by atoms with Crippen LogP contribution in [0.3, 0.4) is 0 Å². The number of carbonyl (C=O) groups excluding carboxylic acids is 2. The molecule has 160 valence electrons. The molecule has 3 rings (SSSR count). The first kappa shape index (κ1) is 22.3. The number of methoxy groups -OCH3 is 1. The highest BCUT2D eigenvalue weighted by Gasteiger charge is 2.17. The van der Waals surface area contributed by atoms with Crippen molar-refractivity contribution in [2.24, 2.45) is 0 Å². The molecule has 3 aromatic carbocycles. The molecule has 0 radical (unpaired) electrons. The normalized spacial score (nSPS) is 11.5. The lowest BCUT2D eigenvalue weighted by molar-refractivity contribution is 0.0600. The van der Waals surface area contributed by atoms with E-state index in [0.29, 0.717) is 16.3 Å². The molecule has 0 saturated carbocycles. The van der Waals surface area contributed by atoms with E-state index >= 15 is 0 Å². The summed E-state index contributed by atoms with van der Waals surface area (Å²) in [6, 6.07) is 17.2. The number of nitrogens with one attached hydrogen (secondary N) is 1. The summed E-state index contributed by atoms with van der Waals surface area (Å²) in [5, 5.41) is 3.30. The number of amides is 1. The van der Waals surface area contributed by atoms with E-state index in [-0.39, 0.29) is 29.9 Å². The zero-order valence-corrected chi connectivity index (χ0v) is 17.8. The Balaban J connectivity index is 1.72. The lowest BCUT2D eigenvalue weighted by atomic mass is 10.1. The molecule has 7 heteroatoms. The van der Waals surface area contributed by atoms with Gasteiger partial charge in [-0.2, -0.15) is 0 Å². The fourth-order valence-electron chi connectivity index (χ4n) is 2.93. The number of carbonyl (C=O) groups is 2. The molecule has 0 fully saturated rings. The number of esters is 1. The van der Waals surface area contributed by atoms with Crippen molar-refractivity contribution >= 4 is 23.5 Å². The molecule has 0 spiro atoms. The molecule has 0 heterocycles. The van der Waals surface area contributed by atoms with Gasteiger partial charge in [-0.05, 0) is 60.5 Å². The van der Waals surface area contributed by atoms with Crippen LogP contribution in [0.2, 0.25) is 5.02 Å². The molecule has 1 N–H and O–H groups in total. The van der Waals surface area contributed by atoms with Crippen molar-refractivity contribution in [1.29, 1.82) is 0 Å². The monoisotopic (exact) mass is 441 g/mol. The van der Waals surface area contributed by atoms with Gasteiger partial charge in [0.2, 0.25) is 0 Å². The maximum absolute atomic E-state index is 13.1. The Morgan fingerprint density at radius 3 is 2.35 bits per heavy atom. The summed E-state index contributed by atoms with van der Waals surface area (Å²) < 4.78 is 23.6. The Labute approximate surface area is 184 Å². The van der Waals surface area contributed by atoms with Crippen LogP contribution in [0.5, 0.6) is 5.75 Å². The summed E-state index contributed by atoms with van der Waals surface area (Å²) in [7, 11) is 1.32. The first-order chi connectivity index (χ1) is 14.9. The number of halogens is 2. The minimum Gasteiger partial charge on any atom is -0.488 e. The number of benzene rings is 3. The number of ether oxygens (including phenoxy) is 2. The predicted molar refractivity (Wildman–Crippen MR) is 116 cm³/mol. The van der Waals surface area contributed by atoms with Crippen molar-refractivity contribution in [2.75, 3.05) is 7.11 Å². The van der Waals surface area contributed by atoms with E-state index in [1.54, 1.807) is 48.5 Å². The molecule has 1 amide bonds. The minimum absolute atomic E-state index is 0.173. The van der Waals surface area contributed by atoms with Gasteiger partial charge in [-0.25, -0.2) is 9.18 Å². The Morgan fingerprint density at radius 1 is 1.03 bits per heavy atom. The van der Waals surface area contributed by atoms with E-state index < -0.39 is 5.97 Å². The standard InChI is InChI=1S/C24H21ClFNO4/c1-15(17-5-7-18(8-6-17)24(29)30-2)27-23(28)21-13-19(25)9-12-22(21)31-14-16-3-10-20(26)11-4-16/h3-13,15H,14H2,1-2H3,(H,27,28)/t15-/m0/s1. The molecular formula is C24H21ClFNO4. The van der Waals surface area contributed by atoms with Gasteiger partial charge < -0.3 is 14.8 Å². The van der Waals surface area contributed by atoms with Crippen LogP contribution in [-0.2, 0) is 11.3 Å². The van der Waals surface area contributed by atoms with Crippen LogP contribution in [0.1, 0.15) is 44.8 Å². The Bertz CT molecular complexity index is 1070. The first-order valence-electron chi connectivity index (χ1n) is 9.53. The third kappa shape index (κ3) is 5.83. The van der Waals surface area contributed by atoms with Gasteiger partial charge in [0.25, 0.3) is 5.91 Å². The van der Waals surface area contributed by atoms with Gasteiger partial charge >= 0.3 is 5.97 Å². The Kier molecular flexibility index (Phi) is 7.26. The molecule has 0 aliphatic rings. The molecule has 0 bridgehead atoms. The van der Waals surface area contributed by atoms with Crippen molar-refractivity contribution < 1.29 is 23.5 Å². The second kappa shape index (κ2) is 10.1. The lowest BCUT2D eigenvalue weighted by Gasteiger charge is -2.17. The van der Waals surface area contributed by atoms with Crippen LogP contribution in [0.15, 0.2) is 66.7 Å². The fraction of sp³-hybridized carbons (Fsp3) is 0.167.